The highest BCUT2D eigenvalue weighted by Crippen LogP contribution is 1.98. The van der Waals surface area contributed by atoms with Crippen LogP contribution in [0.3, 0.4) is 0 Å². The Bertz CT molecular complexity index is 223. The Balaban J connectivity index is 1.95. The summed E-state index contributed by atoms with van der Waals surface area (Å²) in [6.45, 7) is 2.15. The second-order valence-corrected chi connectivity index (χ2v) is 4.64. The minimum Gasteiger partial charge on any atom is -0.378 e. The molecule has 5 nitrogen and oxygen atoms in total. The predicted molar refractivity (Wildman–Crippen MR) is 45.2 cm³/mol. The molecule has 0 radical (unpaired) electrons. The van der Waals surface area contributed by atoms with E-state index in [-0.39, 0.29) is 5.75 Å². The summed E-state index contributed by atoms with van der Waals surface area (Å²) in [7, 11) is -3.28. The fourth-order valence-corrected chi connectivity index (χ4v) is 1.48. The maximum absolute atomic E-state index is 10.5. The Labute approximate surface area is 72.3 Å². The third kappa shape index (κ3) is 4.01. The van der Waals surface area contributed by atoms with E-state index in [9.17, 15) is 8.42 Å². The minimum absolute atomic E-state index is 0.0492. The first kappa shape index (κ1) is 9.91. The number of ether oxygens (including phenoxy) is 1. The molecule has 0 bridgehead atoms. The van der Waals surface area contributed by atoms with Gasteiger partial charge in [0.15, 0.2) is 0 Å². The van der Waals surface area contributed by atoms with Gasteiger partial charge in [-0.15, -0.1) is 0 Å². The highest BCUT2D eigenvalue weighted by Gasteiger charge is 2.16. The summed E-state index contributed by atoms with van der Waals surface area (Å²) in [6, 6.07) is 0.408. The smallest absolute Gasteiger partial charge is 0.209 e. The van der Waals surface area contributed by atoms with E-state index in [4.69, 9.17) is 9.88 Å². The van der Waals surface area contributed by atoms with Crippen molar-refractivity contribution in [2.75, 3.05) is 25.5 Å². The summed E-state index contributed by atoms with van der Waals surface area (Å²) < 4.78 is 25.9. The van der Waals surface area contributed by atoms with Gasteiger partial charge in [0.25, 0.3) is 0 Å². The second-order valence-electron chi connectivity index (χ2n) is 2.91. The Morgan fingerprint density at radius 3 is 2.58 bits per heavy atom. The maximum Gasteiger partial charge on any atom is 0.209 e. The van der Waals surface area contributed by atoms with Crippen molar-refractivity contribution in [2.24, 2.45) is 5.14 Å². The van der Waals surface area contributed by atoms with Gasteiger partial charge >= 0.3 is 0 Å². The van der Waals surface area contributed by atoms with E-state index in [0.29, 0.717) is 19.0 Å². The lowest BCUT2D eigenvalue weighted by molar-refractivity contribution is -0.00475. The molecule has 0 saturated carbocycles. The third-order valence-electron chi connectivity index (χ3n) is 1.68. The lowest BCUT2D eigenvalue weighted by Crippen LogP contribution is -2.46. The molecular formula is C6H14N2O3S. The average molecular weight is 194 g/mol. The van der Waals surface area contributed by atoms with Crippen molar-refractivity contribution in [2.45, 2.75) is 12.5 Å². The molecule has 0 aromatic rings. The minimum atomic E-state index is -3.28. The fourth-order valence-electron chi connectivity index (χ4n) is 0.933. The van der Waals surface area contributed by atoms with Crippen LogP contribution < -0.4 is 10.5 Å². The van der Waals surface area contributed by atoms with Crippen molar-refractivity contribution >= 4 is 10.0 Å². The molecule has 6 heteroatoms. The highest BCUT2D eigenvalue weighted by molar-refractivity contribution is 7.89. The van der Waals surface area contributed by atoms with E-state index in [0.717, 1.165) is 13.2 Å². The quantitative estimate of drug-likeness (QED) is 0.530. The van der Waals surface area contributed by atoms with Gasteiger partial charge in [-0.05, 0) is 13.0 Å². The highest BCUT2D eigenvalue weighted by atomic mass is 32.2. The zero-order chi connectivity index (χ0) is 9.03. The summed E-state index contributed by atoms with van der Waals surface area (Å²) in [4.78, 5) is 0. The fraction of sp³-hybridized carbons (Fsp3) is 1.00. The van der Waals surface area contributed by atoms with Crippen LogP contribution in [0.4, 0.5) is 0 Å². The molecular weight excluding hydrogens is 180 g/mol. The molecule has 72 valence electrons. The summed E-state index contributed by atoms with van der Waals surface area (Å²) in [5.41, 5.74) is 0. The molecule has 1 rings (SSSR count). The van der Waals surface area contributed by atoms with Gasteiger partial charge in [-0.25, -0.2) is 13.6 Å². The standard InChI is InChI=1S/C6H14N2O3S/c7-12(9,10)3-1-2-8-6-4-11-5-6/h6,8H,1-5H2,(H2,7,9,10). The normalized spacial score (nSPS) is 19.1. The number of primary sulfonamides is 1. The van der Waals surface area contributed by atoms with Gasteiger partial charge < -0.3 is 10.1 Å². The maximum atomic E-state index is 10.5. The SMILES string of the molecule is NS(=O)(=O)CCCNC1COC1. The monoisotopic (exact) mass is 194 g/mol. The van der Waals surface area contributed by atoms with Gasteiger partial charge in [0.2, 0.25) is 10.0 Å². The van der Waals surface area contributed by atoms with E-state index >= 15 is 0 Å². The van der Waals surface area contributed by atoms with Crippen molar-refractivity contribution in [3.8, 4) is 0 Å². The van der Waals surface area contributed by atoms with Crippen LogP contribution in [0.5, 0.6) is 0 Å². The lowest BCUT2D eigenvalue weighted by atomic mass is 10.2. The summed E-state index contributed by atoms with van der Waals surface area (Å²) in [5, 5.41) is 7.97. The summed E-state index contributed by atoms with van der Waals surface area (Å²) >= 11 is 0. The van der Waals surface area contributed by atoms with Crippen LogP contribution >= 0.6 is 0 Å². The largest absolute Gasteiger partial charge is 0.378 e. The zero-order valence-corrected chi connectivity index (χ0v) is 7.64. The predicted octanol–water partition coefficient (Wildman–Crippen LogP) is -1.35. The van der Waals surface area contributed by atoms with Crippen LogP contribution in [0.2, 0.25) is 0 Å². The number of sulfonamides is 1. The van der Waals surface area contributed by atoms with Crippen LogP contribution in [0.1, 0.15) is 6.42 Å². The van der Waals surface area contributed by atoms with Gasteiger partial charge in [-0.1, -0.05) is 0 Å². The molecule has 1 saturated heterocycles. The van der Waals surface area contributed by atoms with Crippen LogP contribution in [0.25, 0.3) is 0 Å². The summed E-state index contributed by atoms with van der Waals surface area (Å²) in [6.07, 6.45) is 0.565. The first-order chi connectivity index (χ1) is 5.58. The van der Waals surface area contributed by atoms with Crippen LogP contribution in [0.15, 0.2) is 0 Å². The van der Waals surface area contributed by atoms with Crippen LogP contribution in [-0.2, 0) is 14.8 Å². The van der Waals surface area contributed by atoms with Crippen molar-refractivity contribution < 1.29 is 13.2 Å². The molecule has 3 N–H and O–H groups in total. The second kappa shape index (κ2) is 4.18. The zero-order valence-electron chi connectivity index (χ0n) is 6.82. The van der Waals surface area contributed by atoms with E-state index in [2.05, 4.69) is 5.32 Å². The first-order valence-electron chi connectivity index (χ1n) is 3.89. The Hall–Kier alpha value is -0.170. The van der Waals surface area contributed by atoms with Gasteiger partial charge in [-0.2, -0.15) is 0 Å². The average Bonchev–Trinajstić information content (AvgIpc) is 1.80. The molecule has 1 aliphatic rings. The van der Waals surface area contributed by atoms with E-state index in [1.165, 1.54) is 0 Å². The molecule has 1 heterocycles. The van der Waals surface area contributed by atoms with Crippen molar-refractivity contribution in [3.05, 3.63) is 0 Å². The summed E-state index contributed by atoms with van der Waals surface area (Å²) in [5.74, 6) is 0.0492. The molecule has 0 unspecified atom stereocenters. The number of hydrogen-bond acceptors (Lipinski definition) is 4. The van der Waals surface area contributed by atoms with E-state index < -0.39 is 10.0 Å². The number of hydrogen-bond donors (Lipinski definition) is 2. The van der Waals surface area contributed by atoms with Gasteiger partial charge in [-0.3, -0.25) is 0 Å². The molecule has 12 heavy (non-hydrogen) atoms. The van der Waals surface area contributed by atoms with Crippen molar-refractivity contribution in [1.82, 2.24) is 5.32 Å². The molecule has 1 fully saturated rings. The van der Waals surface area contributed by atoms with Gasteiger partial charge in [0, 0.05) is 0 Å². The Morgan fingerprint density at radius 2 is 2.17 bits per heavy atom. The number of nitrogens with two attached hydrogens (primary N) is 1. The third-order valence-corrected chi connectivity index (χ3v) is 2.53. The topological polar surface area (TPSA) is 81.4 Å². The first-order valence-corrected chi connectivity index (χ1v) is 5.61. The molecule has 0 amide bonds. The molecule has 0 atom stereocenters. The molecule has 0 aliphatic carbocycles. The van der Waals surface area contributed by atoms with Crippen LogP contribution in [0, 0.1) is 0 Å². The van der Waals surface area contributed by atoms with E-state index in [1.807, 2.05) is 0 Å². The van der Waals surface area contributed by atoms with E-state index in [1.54, 1.807) is 0 Å². The van der Waals surface area contributed by atoms with Crippen molar-refractivity contribution in [1.29, 1.82) is 0 Å². The van der Waals surface area contributed by atoms with Gasteiger partial charge in [0.05, 0.1) is 25.0 Å². The Kier molecular flexibility index (Phi) is 3.45. The number of nitrogens with one attached hydrogen (secondary N) is 1. The van der Waals surface area contributed by atoms with Gasteiger partial charge in [0.1, 0.15) is 0 Å². The molecule has 0 aromatic heterocycles. The molecule has 0 spiro atoms. The van der Waals surface area contributed by atoms with Crippen molar-refractivity contribution in [3.63, 3.8) is 0 Å². The molecule has 1 aliphatic heterocycles. The van der Waals surface area contributed by atoms with Crippen LogP contribution in [-0.4, -0.2) is 40.0 Å². The number of rotatable bonds is 5. The lowest BCUT2D eigenvalue weighted by Gasteiger charge is -2.26. The molecule has 0 aromatic carbocycles. The Morgan fingerprint density at radius 1 is 1.50 bits per heavy atom.